The zero-order valence-corrected chi connectivity index (χ0v) is 12.0. The van der Waals surface area contributed by atoms with E-state index in [2.05, 4.69) is 5.32 Å². The number of nitrogens with two attached hydrogens (primary N) is 1. The molecule has 0 aliphatic carbocycles. The van der Waals surface area contributed by atoms with E-state index >= 15 is 0 Å². The number of hydrogen-bond acceptors (Lipinski definition) is 5. The maximum Gasteiger partial charge on any atom is 0.340 e. The van der Waals surface area contributed by atoms with E-state index in [1.54, 1.807) is 14.0 Å². The number of halogens is 1. The smallest absolute Gasteiger partial charge is 0.340 e. The summed E-state index contributed by atoms with van der Waals surface area (Å²) in [6.45, 7) is 4.40. The van der Waals surface area contributed by atoms with Gasteiger partial charge in [0, 0.05) is 25.4 Å². The molecule has 1 unspecified atom stereocenters. The molecule has 1 aromatic rings. The van der Waals surface area contributed by atoms with Crippen LogP contribution < -0.4 is 11.1 Å². The van der Waals surface area contributed by atoms with E-state index in [9.17, 15) is 9.18 Å². The Hall–Kier alpha value is -1.82. The average Bonchev–Trinajstić information content (AvgIpc) is 2.39. The number of methoxy groups -OCH3 is 1. The van der Waals surface area contributed by atoms with Gasteiger partial charge in [-0.3, -0.25) is 0 Å². The third kappa shape index (κ3) is 4.38. The van der Waals surface area contributed by atoms with Gasteiger partial charge in [-0.1, -0.05) is 0 Å². The lowest BCUT2D eigenvalue weighted by molar-refractivity contribution is 0.0527. The molecule has 0 amide bonds. The number of rotatable bonds is 7. The van der Waals surface area contributed by atoms with Gasteiger partial charge >= 0.3 is 5.97 Å². The Labute approximate surface area is 118 Å². The summed E-state index contributed by atoms with van der Waals surface area (Å²) >= 11 is 0. The molecule has 0 saturated heterocycles. The minimum Gasteiger partial charge on any atom is -0.462 e. The van der Waals surface area contributed by atoms with Crippen molar-refractivity contribution in [3.63, 3.8) is 0 Å². The molecule has 0 heterocycles. The predicted octanol–water partition coefficient (Wildman–Crippen LogP) is 2.42. The molecule has 1 rings (SSSR count). The van der Waals surface area contributed by atoms with Crippen molar-refractivity contribution in [1.82, 2.24) is 0 Å². The standard InChI is InChI=1S/C14H21FN2O3/c1-4-20-14(18)10-7-13(11(15)8-12(10)16)17-9(2)5-6-19-3/h7-9,17H,4-6,16H2,1-3H3. The van der Waals surface area contributed by atoms with E-state index < -0.39 is 11.8 Å². The molecular weight excluding hydrogens is 263 g/mol. The molecule has 0 saturated carbocycles. The van der Waals surface area contributed by atoms with Gasteiger partial charge in [-0.15, -0.1) is 0 Å². The van der Waals surface area contributed by atoms with Crippen LogP contribution in [0.25, 0.3) is 0 Å². The normalized spacial score (nSPS) is 12.0. The second-order valence-electron chi connectivity index (χ2n) is 4.47. The summed E-state index contributed by atoms with van der Waals surface area (Å²) in [6.07, 6.45) is 0.717. The molecule has 3 N–H and O–H groups in total. The van der Waals surface area contributed by atoms with Crippen LogP contribution in [0.3, 0.4) is 0 Å². The molecule has 0 aliphatic heterocycles. The number of nitrogen functional groups attached to an aromatic ring is 1. The fourth-order valence-electron chi connectivity index (χ4n) is 1.72. The van der Waals surface area contributed by atoms with Crippen LogP contribution in [-0.2, 0) is 9.47 Å². The Bertz CT molecular complexity index is 466. The summed E-state index contributed by atoms with van der Waals surface area (Å²) in [4.78, 5) is 11.7. The maximum absolute atomic E-state index is 13.8. The largest absolute Gasteiger partial charge is 0.462 e. The number of carbonyl (C=O) groups is 1. The van der Waals surface area contributed by atoms with Crippen LogP contribution in [0, 0.1) is 5.82 Å². The van der Waals surface area contributed by atoms with Gasteiger partial charge in [0.05, 0.1) is 17.9 Å². The van der Waals surface area contributed by atoms with E-state index in [0.717, 1.165) is 12.5 Å². The molecule has 5 nitrogen and oxygen atoms in total. The molecular formula is C14H21FN2O3. The van der Waals surface area contributed by atoms with Crippen molar-refractivity contribution >= 4 is 17.3 Å². The van der Waals surface area contributed by atoms with Crippen LogP contribution in [0.4, 0.5) is 15.8 Å². The van der Waals surface area contributed by atoms with E-state index in [1.165, 1.54) is 6.07 Å². The second-order valence-corrected chi connectivity index (χ2v) is 4.47. The molecule has 0 radical (unpaired) electrons. The van der Waals surface area contributed by atoms with Crippen molar-refractivity contribution < 1.29 is 18.7 Å². The Kier molecular flexibility index (Phi) is 6.24. The monoisotopic (exact) mass is 284 g/mol. The third-order valence-corrected chi connectivity index (χ3v) is 2.79. The van der Waals surface area contributed by atoms with Crippen LogP contribution >= 0.6 is 0 Å². The van der Waals surface area contributed by atoms with Crippen LogP contribution in [0.1, 0.15) is 30.6 Å². The van der Waals surface area contributed by atoms with Gasteiger partial charge in [0.25, 0.3) is 0 Å². The van der Waals surface area contributed by atoms with Gasteiger partial charge in [-0.25, -0.2) is 9.18 Å². The summed E-state index contributed by atoms with van der Waals surface area (Å²) in [5.41, 5.74) is 6.10. The van der Waals surface area contributed by atoms with Crippen molar-refractivity contribution in [2.45, 2.75) is 26.3 Å². The molecule has 1 aromatic carbocycles. The summed E-state index contributed by atoms with van der Waals surface area (Å²) in [7, 11) is 1.61. The Morgan fingerprint density at radius 3 is 2.80 bits per heavy atom. The Morgan fingerprint density at radius 1 is 1.50 bits per heavy atom. The number of esters is 1. The molecule has 0 fully saturated rings. The Morgan fingerprint density at radius 2 is 2.20 bits per heavy atom. The highest BCUT2D eigenvalue weighted by Gasteiger charge is 2.16. The van der Waals surface area contributed by atoms with Gasteiger partial charge in [0.15, 0.2) is 0 Å². The summed E-state index contributed by atoms with van der Waals surface area (Å²) in [6, 6.07) is 2.51. The molecule has 0 bridgehead atoms. The molecule has 0 aromatic heterocycles. The first-order valence-corrected chi connectivity index (χ1v) is 6.51. The quantitative estimate of drug-likeness (QED) is 0.594. The molecule has 1 atom stereocenters. The molecule has 112 valence electrons. The molecule has 20 heavy (non-hydrogen) atoms. The van der Waals surface area contributed by atoms with Crippen molar-refractivity contribution in [3.8, 4) is 0 Å². The van der Waals surface area contributed by atoms with Gasteiger partial charge < -0.3 is 20.5 Å². The maximum atomic E-state index is 13.8. The van der Waals surface area contributed by atoms with Gasteiger partial charge in [-0.2, -0.15) is 0 Å². The zero-order chi connectivity index (χ0) is 15.1. The van der Waals surface area contributed by atoms with Crippen molar-refractivity contribution in [2.75, 3.05) is 31.4 Å². The fraction of sp³-hybridized carbons (Fsp3) is 0.500. The molecule has 0 spiro atoms. The predicted molar refractivity (Wildman–Crippen MR) is 76.3 cm³/mol. The number of anilines is 2. The van der Waals surface area contributed by atoms with E-state index in [4.69, 9.17) is 15.2 Å². The number of hydrogen-bond donors (Lipinski definition) is 2. The van der Waals surface area contributed by atoms with Crippen LogP contribution in [-0.4, -0.2) is 32.3 Å². The number of ether oxygens (including phenoxy) is 2. The summed E-state index contributed by atoms with van der Waals surface area (Å²) < 4.78 is 23.7. The first kappa shape index (κ1) is 16.2. The average molecular weight is 284 g/mol. The number of carbonyl (C=O) groups excluding carboxylic acids is 1. The van der Waals surface area contributed by atoms with Crippen molar-refractivity contribution in [2.24, 2.45) is 0 Å². The van der Waals surface area contributed by atoms with Crippen LogP contribution in [0.5, 0.6) is 0 Å². The fourth-order valence-corrected chi connectivity index (χ4v) is 1.72. The van der Waals surface area contributed by atoms with E-state index in [0.29, 0.717) is 6.61 Å². The van der Waals surface area contributed by atoms with E-state index in [1.807, 2.05) is 6.92 Å². The van der Waals surface area contributed by atoms with Gasteiger partial charge in [-0.05, 0) is 32.4 Å². The first-order valence-electron chi connectivity index (χ1n) is 6.51. The lowest BCUT2D eigenvalue weighted by Crippen LogP contribution is -2.19. The van der Waals surface area contributed by atoms with Gasteiger partial charge in [0.1, 0.15) is 5.82 Å². The summed E-state index contributed by atoms with van der Waals surface area (Å²) in [5.74, 6) is -1.06. The summed E-state index contributed by atoms with van der Waals surface area (Å²) in [5, 5.41) is 2.99. The van der Waals surface area contributed by atoms with Crippen LogP contribution in [0.15, 0.2) is 12.1 Å². The minimum atomic E-state index is -0.558. The highest BCUT2D eigenvalue weighted by Crippen LogP contribution is 2.24. The third-order valence-electron chi connectivity index (χ3n) is 2.79. The van der Waals surface area contributed by atoms with Gasteiger partial charge in [0.2, 0.25) is 0 Å². The van der Waals surface area contributed by atoms with E-state index in [-0.39, 0.29) is 29.6 Å². The van der Waals surface area contributed by atoms with Crippen molar-refractivity contribution in [3.05, 3.63) is 23.5 Å². The number of benzene rings is 1. The van der Waals surface area contributed by atoms with Crippen LogP contribution in [0.2, 0.25) is 0 Å². The topological polar surface area (TPSA) is 73.6 Å². The first-order chi connectivity index (χ1) is 9.49. The van der Waals surface area contributed by atoms with Crippen molar-refractivity contribution in [1.29, 1.82) is 0 Å². The SMILES string of the molecule is CCOC(=O)c1cc(NC(C)CCOC)c(F)cc1N. The lowest BCUT2D eigenvalue weighted by Gasteiger charge is -2.17. The Balaban J connectivity index is 2.90. The highest BCUT2D eigenvalue weighted by atomic mass is 19.1. The molecule has 0 aliphatic rings. The number of nitrogens with one attached hydrogen (secondary N) is 1. The zero-order valence-electron chi connectivity index (χ0n) is 12.0. The lowest BCUT2D eigenvalue weighted by atomic mass is 10.1. The second kappa shape index (κ2) is 7.69. The minimum absolute atomic E-state index is 0.00289. The highest BCUT2D eigenvalue weighted by molar-refractivity contribution is 5.96. The molecule has 6 heteroatoms.